The van der Waals surface area contributed by atoms with E-state index in [1.807, 2.05) is 19.1 Å². The number of anilines is 1. The van der Waals surface area contributed by atoms with E-state index in [9.17, 15) is 8.42 Å². The molecule has 1 N–H and O–H groups in total. The van der Waals surface area contributed by atoms with E-state index < -0.39 is 10.0 Å². The van der Waals surface area contributed by atoms with E-state index in [4.69, 9.17) is 4.74 Å². The van der Waals surface area contributed by atoms with E-state index in [0.29, 0.717) is 18.0 Å². The van der Waals surface area contributed by atoms with Crippen LogP contribution in [0.4, 0.5) is 5.69 Å². The molecule has 23 heavy (non-hydrogen) atoms. The lowest BCUT2D eigenvalue weighted by Gasteiger charge is -2.11. The summed E-state index contributed by atoms with van der Waals surface area (Å²) in [5, 5.41) is 0. The number of benzene rings is 2. The van der Waals surface area contributed by atoms with Crippen molar-refractivity contribution in [2.45, 2.75) is 31.6 Å². The highest BCUT2D eigenvalue weighted by atomic mass is 127. The SMILES string of the molecule is CCCCOc1ccc(S(=O)(=O)Nc2ccc(I)cc2C)cc1. The van der Waals surface area contributed by atoms with Gasteiger partial charge in [-0.25, -0.2) is 8.42 Å². The van der Waals surface area contributed by atoms with Gasteiger partial charge in [0.2, 0.25) is 0 Å². The zero-order valence-corrected chi connectivity index (χ0v) is 16.1. The molecule has 0 bridgehead atoms. The minimum absolute atomic E-state index is 0.221. The van der Waals surface area contributed by atoms with Crippen LogP contribution in [0.1, 0.15) is 25.3 Å². The third-order valence-electron chi connectivity index (χ3n) is 3.33. The van der Waals surface area contributed by atoms with Gasteiger partial charge in [0.25, 0.3) is 10.0 Å². The largest absolute Gasteiger partial charge is 0.494 e. The summed E-state index contributed by atoms with van der Waals surface area (Å²) in [5.41, 5.74) is 1.48. The number of hydrogen-bond acceptors (Lipinski definition) is 3. The van der Waals surface area contributed by atoms with Crippen molar-refractivity contribution in [1.82, 2.24) is 0 Å². The van der Waals surface area contributed by atoms with Crippen LogP contribution in [0.5, 0.6) is 5.75 Å². The lowest BCUT2D eigenvalue weighted by atomic mass is 10.2. The normalized spacial score (nSPS) is 11.3. The van der Waals surface area contributed by atoms with Gasteiger partial charge in [0.1, 0.15) is 5.75 Å². The van der Waals surface area contributed by atoms with E-state index >= 15 is 0 Å². The van der Waals surface area contributed by atoms with Gasteiger partial charge in [0, 0.05) is 3.57 Å². The van der Waals surface area contributed by atoms with Crippen molar-refractivity contribution in [3.63, 3.8) is 0 Å². The predicted molar refractivity (Wildman–Crippen MR) is 102 cm³/mol. The first kappa shape index (κ1) is 18.1. The standard InChI is InChI=1S/C17H20INO3S/c1-3-4-11-22-15-6-8-16(9-7-15)23(20,21)19-17-10-5-14(18)12-13(17)2/h5-10,12,19H,3-4,11H2,1-2H3. The van der Waals surface area contributed by atoms with Gasteiger partial charge in [-0.3, -0.25) is 4.72 Å². The Morgan fingerprint density at radius 1 is 1.13 bits per heavy atom. The topological polar surface area (TPSA) is 55.4 Å². The summed E-state index contributed by atoms with van der Waals surface area (Å²) < 4.78 is 34.2. The van der Waals surface area contributed by atoms with Crippen LogP contribution in [0.2, 0.25) is 0 Å². The number of nitrogens with one attached hydrogen (secondary N) is 1. The fraction of sp³-hybridized carbons (Fsp3) is 0.294. The molecule has 4 nitrogen and oxygen atoms in total. The second-order valence-electron chi connectivity index (χ2n) is 5.24. The minimum atomic E-state index is -3.60. The van der Waals surface area contributed by atoms with Crippen molar-refractivity contribution in [2.24, 2.45) is 0 Å². The molecule has 2 rings (SSSR count). The summed E-state index contributed by atoms with van der Waals surface area (Å²) >= 11 is 2.20. The number of rotatable bonds is 7. The van der Waals surface area contributed by atoms with E-state index in [-0.39, 0.29) is 4.90 Å². The highest BCUT2D eigenvalue weighted by molar-refractivity contribution is 14.1. The van der Waals surface area contributed by atoms with Gasteiger partial charge < -0.3 is 4.74 Å². The molecule has 0 aliphatic heterocycles. The fourth-order valence-corrected chi connectivity index (χ4v) is 3.77. The molecule has 6 heteroatoms. The smallest absolute Gasteiger partial charge is 0.261 e. The molecule has 0 amide bonds. The van der Waals surface area contributed by atoms with Gasteiger partial charge in [-0.2, -0.15) is 0 Å². The number of hydrogen-bond donors (Lipinski definition) is 1. The van der Waals surface area contributed by atoms with Crippen molar-refractivity contribution in [3.8, 4) is 5.75 Å². The maximum atomic E-state index is 12.5. The molecule has 0 atom stereocenters. The highest BCUT2D eigenvalue weighted by Gasteiger charge is 2.15. The van der Waals surface area contributed by atoms with Crippen molar-refractivity contribution in [1.29, 1.82) is 0 Å². The molecule has 0 aromatic heterocycles. The third-order valence-corrected chi connectivity index (χ3v) is 5.39. The predicted octanol–water partition coefficient (Wildman–Crippen LogP) is 4.58. The Kier molecular flexibility index (Phi) is 6.29. The lowest BCUT2D eigenvalue weighted by molar-refractivity contribution is 0.309. The molecule has 0 heterocycles. The van der Waals surface area contributed by atoms with Gasteiger partial charge in [-0.15, -0.1) is 0 Å². The molecule has 0 saturated heterocycles. The molecule has 0 radical (unpaired) electrons. The van der Waals surface area contributed by atoms with Gasteiger partial charge in [0.05, 0.1) is 17.2 Å². The van der Waals surface area contributed by atoms with E-state index in [2.05, 4.69) is 34.2 Å². The third kappa shape index (κ3) is 5.10. The molecule has 0 fully saturated rings. The van der Waals surface area contributed by atoms with Crippen molar-refractivity contribution in [3.05, 3.63) is 51.6 Å². The molecule has 2 aromatic rings. The van der Waals surface area contributed by atoms with E-state index in [0.717, 1.165) is 22.0 Å². The Morgan fingerprint density at radius 3 is 2.43 bits per heavy atom. The fourth-order valence-electron chi connectivity index (χ4n) is 1.99. The quantitative estimate of drug-likeness (QED) is 0.502. The van der Waals surface area contributed by atoms with Gasteiger partial charge in [-0.1, -0.05) is 13.3 Å². The summed E-state index contributed by atoms with van der Waals surface area (Å²) in [6.45, 7) is 4.62. The summed E-state index contributed by atoms with van der Waals surface area (Å²) in [4.78, 5) is 0.221. The minimum Gasteiger partial charge on any atom is -0.494 e. The molecular formula is C17H20INO3S. The van der Waals surface area contributed by atoms with E-state index in [1.54, 1.807) is 30.3 Å². The Morgan fingerprint density at radius 2 is 1.83 bits per heavy atom. The summed E-state index contributed by atoms with van der Waals surface area (Å²) in [6.07, 6.45) is 2.04. The Bertz CT molecular complexity index is 758. The van der Waals surface area contributed by atoms with Gasteiger partial charge in [-0.05, 0) is 84.0 Å². The first-order valence-corrected chi connectivity index (χ1v) is 10.0. The number of ether oxygens (including phenoxy) is 1. The first-order chi connectivity index (χ1) is 10.9. The molecule has 0 unspecified atom stereocenters. The van der Waals surface area contributed by atoms with Crippen molar-refractivity contribution in [2.75, 3.05) is 11.3 Å². The second kappa shape index (κ2) is 8.01. The van der Waals surface area contributed by atoms with Crippen LogP contribution in [0.3, 0.4) is 0 Å². The van der Waals surface area contributed by atoms with Crippen LogP contribution in [-0.2, 0) is 10.0 Å². The average Bonchev–Trinajstić information content (AvgIpc) is 2.51. The monoisotopic (exact) mass is 445 g/mol. The zero-order valence-electron chi connectivity index (χ0n) is 13.2. The summed E-state index contributed by atoms with van der Waals surface area (Å²) in [6, 6.07) is 12.1. The van der Waals surface area contributed by atoms with Crippen molar-refractivity contribution >= 4 is 38.3 Å². The van der Waals surface area contributed by atoms with Crippen LogP contribution >= 0.6 is 22.6 Å². The van der Waals surface area contributed by atoms with Crippen LogP contribution in [0, 0.1) is 10.5 Å². The maximum absolute atomic E-state index is 12.5. The summed E-state index contributed by atoms with van der Waals surface area (Å²) in [5.74, 6) is 0.683. The molecule has 0 spiro atoms. The zero-order chi connectivity index (χ0) is 16.9. The molecule has 124 valence electrons. The Labute approximate surface area is 151 Å². The molecular weight excluding hydrogens is 425 g/mol. The molecule has 2 aromatic carbocycles. The average molecular weight is 445 g/mol. The van der Waals surface area contributed by atoms with Crippen molar-refractivity contribution < 1.29 is 13.2 Å². The van der Waals surface area contributed by atoms with Crippen LogP contribution < -0.4 is 9.46 Å². The van der Waals surface area contributed by atoms with Crippen LogP contribution in [0.25, 0.3) is 0 Å². The molecule has 0 aliphatic carbocycles. The number of sulfonamides is 1. The Hall–Kier alpha value is -1.28. The Balaban J connectivity index is 2.13. The summed E-state index contributed by atoms with van der Waals surface area (Å²) in [7, 11) is -3.60. The number of aryl methyl sites for hydroxylation is 1. The number of unbranched alkanes of at least 4 members (excludes halogenated alkanes) is 1. The number of halogens is 1. The second-order valence-corrected chi connectivity index (χ2v) is 8.17. The molecule has 0 saturated carbocycles. The highest BCUT2D eigenvalue weighted by Crippen LogP contribution is 2.23. The maximum Gasteiger partial charge on any atom is 0.261 e. The van der Waals surface area contributed by atoms with Gasteiger partial charge in [0.15, 0.2) is 0 Å². The van der Waals surface area contributed by atoms with Crippen LogP contribution in [-0.4, -0.2) is 15.0 Å². The van der Waals surface area contributed by atoms with Gasteiger partial charge >= 0.3 is 0 Å². The van der Waals surface area contributed by atoms with Crippen LogP contribution in [0.15, 0.2) is 47.4 Å². The lowest BCUT2D eigenvalue weighted by Crippen LogP contribution is -2.13. The van der Waals surface area contributed by atoms with E-state index in [1.165, 1.54) is 0 Å². The first-order valence-electron chi connectivity index (χ1n) is 7.44. The molecule has 0 aliphatic rings.